The van der Waals surface area contributed by atoms with Crippen molar-refractivity contribution in [1.82, 2.24) is 4.90 Å². The number of nitrogens with zero attached hydrogens (tertiary/aromatic N) is 2. The molecule has 1 heterocycles. The summed E-state index contributed by atoms with van der Waals surface area (Å²) < 4.78 is 5.30. The molecule has 0 radical (unpaired) electrons. The predicted octanol–water partition coefficient (Wildman–Crippen LogP) is 7.50. The van der Waals surface area contributed by atoms with Crippen LogP contribution in [-0.4, -0.2) is 23.5 Å². The molecule has 4 aromatic carbocycles. The van der Waals surface area contributed by atoms with Gasteiger partial charge in [0.1, 0.15) is 12.6 Å². The fourth-order valence-electron chi connectivity index (χ4n) is 5.25. The zero-order valence-corrected chi connectivity index (χ0v) is 22.3. The molecular formula is C34H34N2O3. The highest BCUT2D eigenvalue weighted by Gasteiger charge is 2.39. The third-order valence-corrected chi connectivity index (χ3v) is 7.38. The van der Waals surface area contributed by atoms with Gasteiger partial charge in [-0.1, -0.05) is 110 Å². The Hall–Kier alpha value is -4.38. The van der Waals surface area contributed by atoms with Crippen molar-refractivity contribution < 1.29 is 14.3 Å². The molecule has 2 atom stereocenters. The van der Waals surface area contributed by atoms with E-state index in [-0.39, 0.29) is 30.9 Å². The predicted molar refractivity (Wildman–Crippen MR) is 154 cm³/mol. The van der Waals surface area contributed by atoms with Gasteiger partial charge in [0.15, 0.2) is 0 Å². The molecule has 0 aromatic heterocycles. The molecule has 2 amide bonds. The molecule has 39 heavy (non-hydrogen) atoms. The molecule has 1 fully saturated rings. The number of hydrogen-bond donors (Lipinski definition) is 0. The van der Waals surface area contributed by atoms with Gasteiger partial charge in [0.05, 0.1) is 0 Å². The summed E-state index contributed by atoms with van der Waals surface area (Å²) >= 11 is 0. The number of imide groups is 1. The summed E-state index contributed by atoms with van der Waals surface area (Å²) in [6.45, 7) is 3.82. The molecule has 0 aliphatic carbocycles. The summed E-state index contributed by atoms with van der Waals surface area (Å²) in [4.78, 5) is 29.7. The molecule has 0 saturated carbocycles. The molecule has 5 rings (SSSR count). The Morgan fingerprint density at radius 2 is 1.44 bits per heavy atom. The standard InChI is InChI=1S/C34H34N2O3/c1-2-28(22-33(37)36-32(25-39-34(36)38)29-17-10-5-11-18-29)30-19-12-20-31(21-30)35(23-26-13-6-3-7-14-26)24-27-15-8-4-9-16-27/h3-21,28,32H,2,22-25H2,1H3/t28?,32-/m1/s1. The van der Waals surface area contributed by atoms with Crippen LogP contribution in [0.5, 0.6) is 0 Å². The molecule has 1 aliphatic heterocycles. The number of cyclic esters (lactones) is 1. The van der Waals surface area contributed by atoms with Crippen molar-refractivity contribution in [3.63, 3.8) is 0 Å². The van der Waals surface area contributed by atoms with Crippen LogP contribution in [0.1, 0.15) is 54.0 Å². The van der Waals surface area contributed by atoms with Crippen LogP contribution in [0.2, 0.25) is 0 Å². The van der Waals surface area contributed by atoms with E-state index < -0.39 is 6.09 Å². The van der Waals surface area contributed by atoms with Crippen LogP contribution in [0, 0.1) is 0 Å². The van der Waals surface area contributed by atoms with E-state index >= 15 is 0 Å². The summed E-state index contributed by atoms with van der Waals surface area (Å²) in [6.07, 6.45) is 0.468. The molecule has 1 unspecified atom stereocenters. The third kappa shape index (κ3) is 6.37. The normalized spacial score (nSPS) is 15.6. The maximum atomic E-state index is 13.5. The van der Waals surface area contributed by atoms with E-state index in [0.29, 0.717) is 0 Å². The molecule has 5 nitrogen and oxygen atoms in total. The van der Waals surface area contributed by atoms with Crippen LogP contribution in [0.3, 0.4) is 0 Å². The molecule has 198 valence electrons. The molecule has 1 saturated heterocycles. The van der Waals surface area contributed by atoms with Crippen molar-refractivity contribution >= 4 is 17.7 Å². The van der Waals surface area contributed by atoms with E-state index in [4.69, 9.17) is 4.74 Å². The summed E-state index contributed by atoms with van der Waals surface area (Å²) in [6, 6.07) is 38.6. The van der Waals surface area contributed by atoms with Crippen LogP contribution < -0.4 is 4.90 Å². The Kier molecular flexibility index (Phi) is 8.37. The largest absolute Gasteiger partial charge is 0.446 e. The molecular weight excluding hydrogens is 484 g/mol. The fourth-order valence-corrected chi connectivity index (χ4v) is 5.25. The van der Waals surface area contributed by atoms with Gasteiger partial charge < -0.3 is 9.64 Å². The van der Waals surface area contributed by atoms with Crippen molar-refractivity contribution in [3.05, 3.63) is 138 Å². The minimum atomic E-state index is -0.561. The highest BCUT2D eigenvalue weighted by Crippen LogP contribution is 2.33. The second-order valence-corrected chi connectivity index (χ2v) is 10.00. The summed E-state index contributed by atoms with van der Waals surface area (Å²) in [7, 11) is 0. The zero-order valence-electron chi connectivity index (χ0n) is 22.3. The van der Waals surface area contributed by atoms with E-state index in [0.717, 1.165) is 36.3 Å². The number of amides is 2. The second kappa shape index (κ2) is 12.4. The average molecular weight is 519 g/mol. The van der Waals surface area contributed by atoms with E-state index in [1.807, 2.05) is 42.5 Å². The number of anilines is 1. The lowest BCUT2D eigenvalue weighted by Gasteiger charge is -2.27. The van der Waals surface area contributed by atoms with Crippen LogP contribution in [0.4, 0.5) is 10.5 Å². The summed E-state index contributed by atoms with van der Waals surface area (Å²) in [5.41, 5.74) is 5.58. The maximum absolute atomic E-state index is 13.5. The van der Waals surface area contributed by atoms with Crippen LogP contribution >= 0.6 is 0 Å². The number of carbonyl (C=O) groups excluding carboxylic acids is 2. The molecule has 0 bridgehead atoms. The SMILES string of the molecule is CCC(CC(=O)N1C(=O)OC[C@@H]1c1ccccc1)c1cccc(N(Cc2ccccc2)Cc2ccccc2)c1. The van der Waals surface area contributed by atoms with Crippen LogP contribution in [0.25, 0.3) is 0 Å². The second-order valence-electron chi connectivity index (χ2n) is 10.00. The number of benzene rings is 4. The smallest absolute Gasteiger partial charge is 0.417 e. The van der Waals surface area contributed by atoms with E-state index in [1.165, 1.54) is 16.0 Å². The Balaban J connectivity index is 1.37. The van der Waals surface area contributed by atoms with Gasteiger partial charge in [0.25, 0.3) is 0 Å². The highest BCUT2D eigenvalue weighted by molar-refractivity contribution is 5.94. The van der Waals surface area contributed by atoms with Gasteiger partial charge in [0, 0.05) is 25.2 Å². The first-order chi connectivity index (χ1) is 19.1. The van der Waals surface area contributed by atoms with Gasteiger partial charge >= 0.3 is 6.09 Å². The van der Waals surface area contributed by atoms with Gasteiger partial charge in [-0.05, 0) is 46.7 Å². The lowest BCUT2D eigenvalue weighted by molar-refractivity contribution is -0.129. The first-order valence-corrected chi connectivity index (χ1v) is 13.6. The third-order valence-electron chi connectivity index (χ3n) is 7.38. The van der Waals surface area contributed by atoms with Gasteiger partial charge in [-0.15, -0.1) is 0 Å². The monoisotopic (exact) mass is 518 g/mol. The lowest BCUT2D eigenvalue weighted by Crippen LogP contribution is -2.35. The van der Waals surface area contributed by atoms with Crippen molar-refractivity contribution in [1.29, 1.82) is 0 Å². The summed E-state index contributed by atoms with van der Waals surface area (Å²) in [5, 5.41) is 0. The van der Waals surface area contributed by atoms with Gasteiger partial charge in [-0.3, -0.25) is 4.79 Å². The van der Waals surface area contributed by atoms with Crippen molar-refractivity contribution in [3.8, 4) is 0 Å². The quantitative estimate of drug-likeness (QED) is 0.218. The van der Waals surface area contributed by atoms with Crippen molar-refractivity contribution in [2.24, 2.45) is 0 Å². The molecule has 1 aliphatic rings. The van der Waals surface area contributed by atoms with E-state index in [1.54, 1.807) is 0 Å². The maximum Gasteiger partial charge on any atom is 0.417 e. The van der Waals surface area contributed by atoms with Gasteiger partial charge in [-0.2, -0.15) is 0 Å². The first kappa shape index (κ1) is 26.2. The molecule has 0 N–H and O–H groups in total. The Morgan fingerprint density at radius 3 is 2.03 bits per heavy atom. The topological polar surface area (TPSA) is 49.9 Å². The number of hydrogen-bond acceptors (Lipinski definition) is 4. The van der Waals surface area contributed by atoms with Crippen molar-refractivity contribution in [2.75, 3.05) is 11.5 Å². The Bertz CT molecular complexity index is 1330. The number of ether oxygens (including phenoxy) is 1. The van der Waals surface area contributed by atoms with Gasteiger partial charge in [-0.25, -0.2) is 9.69 Å². The zero-order chi connectivity index (χ0) is 27.0. The Labute approximate surface area is 230 Å². The fraction of sp³-hybridized carbons (Fsp3) is 0.235. The minimum absolute atomic E-state index is 0.0161. The Morgan fingerprint density at radius 1 is 0.846 bits per heavy atom. The molecule has 0 spiro atoms. The minimum Gasteiger partial charge on any atom is -0.446 e. The van der Waals surface area contributed by atoms with Crippen LogP contribution in [-0.2, 0) is 22.6 Å². The number of carbonyl (C=O) groups is 2. The summed E-state index contributed by atoms with van der Waals surface area (Å²) in [5.74, 6) is -0.216. The van der Waals surface area contributed by atoms with E-state index in [9.17, 15) is 9.59 Å². The molecule has 4 aromatic rings. The van der Waals surface area contributed by atoms with Crippen molar-refractivity contribution in [2.45, 2.75) is 44.8 Å². The number of rotatable bonds is 10. The average Bonchev–Trinajstić information content (AvgIpc) is 3.38. The first-order valence-electron chi connectivity index (χ1n) is 13.6. The molecule has 5 heteroatoms. The van der Waals surface area contributed by atoms with Crippen LogP contribution in [0.15, 0.2) is 115 Å². The highest BCUT2D eigenvalue weighted by atomic mass is 16.6. The lowest BCUT2D eigenvalue weighted by atomic mass is 9.91. The van der Waals surface area contributed by atoms with E-state index in [2.05, 4.69) is 84.6 Å². The van der Waals surface area contributed by atoms with Gasteiger partial charge in [0.2, 0.25) is 5.91 Å².